The van der Waals surface area contributed by atoms with Gasteiger partial charge < -0.3 is 4.90 Å². The molecular weight excluding hydrogens is 244 g/mol. The first-order chi connectivity index (χ1) is 9.81. The molecule has 0 bridgehead atoms. The van der Waals surface area contributed by atoms with Gasteiger partial charge in [0.1, 0.15) is 0 Å². The zero-order valence-corrected chi connectivity index (χ0v) is 13.3. The summed E-state index contributed by atoms with van der Waals surface area (Å²) in [6.45, 7) is 9.05. The maximum Gasteiger partial charge on any atom is 0.0113 e. The molecule has 0 N–H and O–H groups in total. The Labute approximate surface area is 125 Å². The molecule has 3 aliphatic rings. The fourth-order valence-corrected chi connectivity index (χ4v) is 4.43. The van der Waals surface area contributed by atoms with Crippen LogP contribution < -0.4 is 0 Å². The van der Waals surface area contributed by atoms with Crippen LogP contribution in [-0.2, 0) is 0 Å². The Balaban J connectivity index is 1.41. The molecule has 2 aliphatic carbocycles. The van der Waals surface area contributed by atoms with Crippen LogP contribution in [0.2, 0.25) is 0 Å². The van der Waals surface area contributed by atoms with Crippen molar-refractivity contribution in [3.8, 4) is 0 Å². The standard InChI is InChI=1S/C18H32N2/c1-16-6-5-9-18(14-16)20-12-10-19(11-13-20)15-17-7-3-2-4-8-17/h2-3,16-18H,4-15H2,1H3/t16-,17+,18+/m1/s1. The quantitative estimate of drug-likeness (QED) is 0.728. The first-order valence-corrected chi connectivity index (χ1v) is 8.92. The maximum atomic E-state index is 2.80. The normalized spacial score (nSPS) is 37.1. The summed E-state index contributed by atoms with van der Waals surface area (Å²) in [7, 11) is 0. The predicted molar refractivity (Wildman–Crippen MR) is 85.9 cm³/mol. The fraction of sp³-hybridized carbons (Fsp3) is 0.889. The lowest BCUT2D eigenvalue weighted by atomic mass is 9.86. The molecule has 2 heteroatoms. The molecule has 3 rings (SSSR count). The van der Waals surface area contributed by atoms with Gasteiger partial charge in [-0.25, -0.2) is 0 Å². The zero-order chi connectivity index (χ0) is 13.8. The molecule has 1 saturated carbocycles. The second kappa shape index (κ2) is 7.09. The highest BCUT2D eigenvalue weighted by atomic mass is 15.3. The summed E-state index contributed by atoms with van der Waals surface area (Å²) < 4.78 is 0. The van der Waals surface area contributed by atoms with E-state index in [1.165, 1.54) is 77.7 Å². The summed E-state index contributed by atoms with van der Waals surface area (Å²) in [6, 6.07) is 0.901. The smallest absolute Gasteiger partial charge is 0.0113 e. The first-order valence-electron chi connectivity index (χ1n) is 8.92. The molecule has 0 aromatic rings. The lowest BCUT2D eigenvalue weighted by Crippen LogP contribution is -2.52. The van der Waals surface area contributed by atoms with Crippen molar-refractivity contribution in [1.29, 1.82) is 0 Å². The van der Waals surface area contributed by atoms with Gasteiger partial charge >= 0.3 is 0 Å². The third-order valence-electron chi connectivity index (χ3n) is 5.73. The average molecular weight is 276 g/mol. The van der Waals surface area contributed by atoms with Gasteiger partial charge in [0, 0.05) is 38.8 Å². The largest absolute Gasteiger partial charge is 0.301 e. The highest BCUT2D eigenvalue weighted by Gasteiger charge is 2.28. The number of hydrogen-bond acceptors (Lipinski definition) is 2. The Hall–Kier alpha value is -0.340. The minimum atomic E-state index is 0.901. The Morgan fingerprint density at radius 1 is 1.00 bits per heavy atom. The average Bonchev–Trinajstić information content (AvgIpc) is 2.49. The van der Waals surface area contributed by atoms with E-state index in [1.807, 2.05) is 0 Å². The molecule has 0 amide bonds. The molecule has 1 heterocycles. The van der Waals surface area contributed by atoms with E-state index in [-0.39, 0.29) is 0 Å². The van der Waals surface area contributed by atoms with Crippen LogP contribution in [0.4, 0.5) is 0 Å². The van der Waals surface area contributed by atoms with E-state index in [2.05, 4.69) is 28.9 Å². The summed E-state index contributed by atoms with van der Waals surface area (Å²) in [5.41, 5.74) is 0. The Morgan fingerprint density at radius 2 is 1.85 bits per heavy atom. The summed E-state index contributed by atoms with van der Waals surface area (Å²) in [5, 5.41) is 0. The van der Waals surface area contributed by atoms with Crippen LogP contribution in [-0.4, -0.2) is 48.6 Å². The van der Waals surface area contributed by atoms with Crippen LogP contribution in [0.1, 0.15) is 51.9 Å². The van der Waals surface area contributed by atoms with Crippen molar-refractivity contribution in [2.75, 3.05) is 32.7 Å². The number of piperazine rings is 1. The molecule has 1 aliphatic heterocycles. The van der Waals surface area contributed by atoms with Gasteiger partial charge in [-0.2, -0.15) is 0 Å². The van der Waals surface area contributed by atoms with Crippen LogP contribution in [0.25, 0.3) is 0 Å². The van der Waals surface area contributed by atoms with Gasteiger partial charge in [0.2, 0.25) is 0 Å². The minimum absolute atomic E-state index is 0.901. The van der Waals surface area contributed by atoms with Crippen LogP contribution in [0.3, 0.4) is 0 Å². The molecule has 0 unspecified atom stereocenters. The van der Waals surface area contributed by atoms with Crippen molar-refractivity contribution < 1.29 is 0 Å². The van der Waals surface area contributed by atoms with E-state index in [0.717, 1.165) is 17.9 Å². The molecule has 20 heavy (non-hydrogen) atoms. The summed E-state index contributed by atoms with van der Waals surface area (Å²) in [4.78, 5) is 5.53. The third-order valence-corrected chi connectivity index (χ3v) is 5.73. The number of nitrogens with zero attached hydrogens (tertiary/aromatic N) is 2. The van der Waals surface area contributed by atoms with Crippen molar-refractivity contribution in [3.63, 3.8) is 0 Å². The second-order valence-corrected chi connectivity index (χ2v) is 7.41. The lowest BCUT2D eigenvalue weighted by molar-refractivity contribution is 0.0613. The third kappa shape index (κ3) is 3.85. The van der Waals surface area contributed by atoms with Crippen molar-refractivity contribution >= 4 is 0 Å². The topological polar surface area (TPSA) is 6.48 Å². The van der Waals surface area contributed by atoms with Gasteiger partial charge in [-0.1, -0.05) is 31.9 Å². The molecule has 2 nitrogen and oxygen atoms in total. The van der Waals surface area contributed by atoms with E-state index < -0.39 is 0 Å². The number of hydrogen-bond donors (Lipinski definition) is 0. The van der Waals surface area contributed by atoms with E-state index >= 15 is 0 Å². The maximum absolute atomic E-state index is 2.80. The molecular formula is C18H32N2. The molecule has 114 valence electrons. The van der Waals surface area contributed by atoms with Crippen LogP contribution in [0.5, 0.6) is 0 Å². The van der Waals surface area contributed by atoms with Crippen molar-refractivity contribution in [3.05, 3.63) is 12.2 Å². The highest BCUT2D eigenvalue weighted by molar-refractivity contribution is 4.91. The molecule has 0 aromatic carbocycles. The second-order valence-electron chi connectivity index (χ2n) is 7.41. The van der Waals surface area contributed by atoms with Crippen LogP contribution >= 0.6 is 0 Å². The monoisotopic (exact) mass is 276 g/mol. The summed E-state index contributed by atoms with van der Waals surface area (Å²) in [5.74, 6) is 1.89. The van der Waals surface area contributed by atoms with Gasteiger partial charge in [0.15, 0.2) is 0 Å². The van der Waals surface area contributed by atoms with Gasteiger partial charge in [0.05, 0.1) is 0 Å². The Bertz CT molecular complexity index is 317. The summed E-state index contributed by atoms with van der Waals surface area (Å²) in [6.07, 6.45) is 14.6. The van der Waals surface area contributed by atoms with Gasteiger partial charge in [-0.3, -0.25) is 4.90 Å². The molecule has 1 saturated heterocycles. The van der Waals surface area contributed by atoms with E-state index in [9.17, 15) is 0 Å². The van der Waals surface area contributed by atoms with Crippen molar-refractivity contribution in [2.45, 2.75) is 57.9 Å². The minimum Gasteiger partial charge on any atom is -0.301 e. The number of allylic oxidation sites excluding steroid dienone is 2. The SMILES string of the molecule is C[C@@H]1CCC[C@H](N2CCN(C[C@H]3CC=CCC3)CC2)C1. The Morgan fingerprint density at radius 3 is 2.55 bits per heavy atom. The lowest BCUT2D eigenvalue weighted by Gasteiger charge is -2.42. The molecule has 0 aromatic heterocycles. The van der Waals surface area contributed by atoms with Crippen molar-refractivity contribution in [2.24, 2.45) is 11.8 Å². The van der Waals surface area contributed by atoms with Crippen molar-refractivity contribution in [1.82, 2.24) is 9.80 Å². The molecule has 2 fully saturated rings. The highest BCUT2D eigenvalue weighted by Crippen LogP contribution is 2.28. The first kappa shape index (κ1) is 14.6. The van der Waals surface area contributed by atoms with E-state index in [0.29, 0.717) is 0 Å². The Kier molecular flexibility index (Phi) is 5.17. The molecule has 3 atom stereocenters. The van der Waals surface area contributed by atoms with E-state index in [1.54, 1.807) is 0 Å². The fourth-order valence-electron chi connectivity index (χ4n) is 4.43. The summed E-state index contributed by atoms with van der Waals surface area (Å²) >= 11 is 0. The zero-order valence-electron chi connectivity index (χ0n) is 13.3. The molecule has 0 radical (unpaired) electrons. The molecule has 0 spiro atoms. The van der Waals surface area contributed by atoms with Crippen LogP contribution in [0.15, 0.2) is 12.2 Å². The van der Waals surface area contributed by atoms with Gasteiger partial charge in [-0.05, 0) is 43.9 Å². The van der Waals surface area contributed by atoms with Gasteiger partial charge in [0.25, 0.3) is 0 Å². The van der Waals surface area contributed by atoms with Gasteiger partial charge in [-0.15, -0.1) is 0 Å². The van der Waals surface area contributed by atoms with E-state index in [4.69, 9.17) is 0 Å². The van der Waals surface area contributed by atoms with Crippen LogP contribution in [0, 0.1) is 11.8 Å². The number of rotatable bonds is 3. The predicted octanol–water partition coefficient (Wildman–Crippen LogP) is 3.54.